The molecule has 0 atom stereocenters. The zero-order valence-electron chi connectivity index (χ0n) is 14.6. The maximum absolute atomic E-state index is 14.4. The average molecular weight is 454 g/mol. The van der Waals surface area contributed by atoms with Crippen LogP contribution in [0.2, 0.25) is 0 Å². The Labute approximate surface area is 204 Å². The van der Waals surface area contributed by atoms with Gasteiger partial charge in [0.15, 0.2) is 5.82 Å². The van der Waals surface area contributed by atoms with E-state index in [-0.39, 0.29) is 91.0 Å². The SMILES string of the molecule is C=C/C=C(\C=C)COc1ccc(Br)c(F)c1N1CC(=O)NS1.[CH3-].[CH3-].[K+]. The number of hydrogen-bond donors (Lipinski definition) is 1. The first-order valence-corrected chi connectivity index (χ1v) is 7.91. The van der Waals surface area contributed by atoms with E-state index in [9.17, 15) is 9.18 Å². The van der Waals surface area contributed by atoms with Gasteiger partial charge in [0.05, 0.1) is 16.6 Å². The van der Waals surface area contributed by atoms with Gasteiger partial charge in [0.1, 0.15) is 24.6 Å². The van der Waals surface area contributed by atoms with Crippen LogP contribution in [0.4, 0.5) is 10.1 Å². The molecule has 1 aromatic carbocycles. The quantitative estimate of drug-likeness (QED) is 0.308. The van der Waals surface area contributed by atoms with E-state index in [2.05, 4.69) is 33.8 Å². The van der Waals surface area contributed by atoms with Gasteiger partial charge in [-0.1, -0.05) is 31.4 Å². The molecule has 1 fully saturated rings. The number of carbonyl (C=O) groups excluding carboxylic acids is 1. The number of benzene rings is 1. The number of anilines is 1. The van der Waals surface area contributed by atoms with Gasteiger partial charge in [-0.15, -0.1) is 0 Å². The number of carbonyl (C=O) groups is 1. The van der Waals surface area contributed by atoms with Crippen molar-refractivity contribution in [2.75, 3.05) is 17.5 Å². The van der Waals surface area contributed by atoms with Crippen LogP contribution in [0.1, 0.15) is 0 Å². The molecule has 0 unspecified atom stereocenters. The number of allylic oxidation sites excluding steroid dienone is 2. The van der Waals surface area contributed by atoms with Gasteiger partial charge in [0.25, 0.3) is 5.91 Å². The summed E-state index contributed by atoms with van der Waals surface area (Å²) in [6, 6.07) is 3.22. The van der Waals surface area contributed by atoms with E-state index in [1.54, 1.807) is 30.4 Å². The fourth-order valence-corrected chi connectivity index (χ4v) is 2.82. The van der Waals surface area contributed by atoms with Crippen molar-refractivity contribution in [3.05, 3.63) is 74.2 Å². The summed E-state index contributed by atoms with van der Waals surface area (Å²) in [5, 5.41) is 0. The van der Waals surface area contributed by atoms with Crippen molar-refractivity contribution in [2.24, 2.45) is 0 Å². The van der Waals surface area contributed by atoms with Crippen LogP contribution >= 0.6 is 28.1 Å². The molecule has 1 N–H and O–H groups in total. The van der Waals surface area contributed by atoms with Crippen LogP contribution in [-0.2, 0) is 4.79 Å². The normalized spacial score (nSPS) is 13.0. The molecule has 0 aromatic heterocycles. The summed E-state index contributed by atoms with van der Waals surface area (Å²) in [6.07, 6.45) is 5.03. The topological polar surface area (TPSA) is 41.6 Å². The Bertz CT molecular complexity index is 656. The number of hydrogen-bond acceptors (Lipinski definition) is 4. The monoisotopic (exact) mass is 453 g/mol. The predicted octanol–water partition coefficient (Wildman–Crippen LogP) is 1.67. The van der Waals surface area contributed by atoms with Crippen molar-refractivity contribution >= 4 is 39.7 Å². The molecule has 1 heterocycles. The van der Waals surface area contributed by atoms with Gasteiger partial charge in [0, 0.05) is 0 Å². The van der Waals surface area contributed by atoms with Crippen LogP contribution < -0.4 is 65.1 Å². The van der Waals surface area contributed by atoms with Crippen LogP contribution in [0.5, 0.6) is 5.75 Å². The fraction of sp³-hybridized carbons (Fsp3) is 0.118. The molecule has 1 amide bonds. The van der Waals surface area contributed by atoms with E-state index in [0.29, 0.717) is 10.2 Å². The summed E-state index contributed by atoms with van der Waals surface area (Å²) in [5.41, 5.74) is 1.03. The predicted molar refractivity (Wildman–Crippen MR) is 104 cm³/mol. The second-order valence-corrected chi connectivity index (χ2v) is 6.01. The minimum Gasteiger partial charge on any atom is -0.487 e. The van der Waals surface area contributed by atoms with Crippen molar-refractivity contribution in [1.29, 1.82) is 0 Å². The second-order valence-electron chi connectivity index (χ2n) is 4.33. The third kappa shape index (κ3) is 7.20. The molecule has 0 aliphatic carbocycles. The Morgan fingerprint density at radius 3 is 2.64 bits per heavy atom. The van der Waals surface area contributed by atoms with Crippen LogP contribution in [-0.4, -0.2) is 19.1 Å². The third-order valence-electron chi connectivity index (χ3n) is 2.83. The molecule has 1 aromatic rings. The maximum atomic E-state index is 14.4. The molecule has 4 nitrogen and oxygen atoms in total. The molecule has 0 spiro atoms. The van der Waals surface area contributed by atoms with E-state index in [1.165, 1.54) is 4.31 Å². The van der Waals surface area contributed by atoms with Crippen molar-refractivity contribution < 1.29 is 65.3 Å². The number of amides is 1. The van der Waals surface area contributed by atoms with Crippen LogP contribution in [0.15, 0.2) is 53.6 Å². The van der Waals surface area contributed by atoms with Crippen LogP contribution in [0.25, 0.3) is 0 Å². The molecule has 132 valence electrons. The van der Waals surface area contributed by atoms with Crippen molar-refractivity contribution in [3.8, 4) is 5.75 Å². The van der Waals surface area contributed by atoms with Gasteiger partial charge in [-0.2, -0.15) is 0 Å². The smallest absolute Gasteiger partial charge is 0.487 e. The molecule has 0 saturated carbocycles. The third-order valence-corrected chi connectivity index (χ3v) is 4.29. The molecule has 8 heteroatoms. The number of halogens is 2. The maximum Gasteiger partial charge on any atom is 1.00 e. The van der Waals surface area contributed by atoms with Crippen LogP contribution in [0, 0.1) is 20.7 Å². The number of rotatable bonds is 6. The van der Waals surface area contributed by atoms with Gasteiger partial charge in [-0.25, -0.2) is 4.39 Å². The van der Waals surface area contributed by atoms with Crippen molar-refractivity contribution in [2.45, 2.75) is 0 Å². The van der Waals surface area contributed by atoms with Gasteiger partial charge in [-0.05, 0) is 33.6 Å². The van der Waals surface area contributed by atoms with Crippen molar-refractivity contribution in [3.63, 3.8) is 0 Å². The van der Waals surface area contributed by atoms with E-state index in [4.69, 9.17) is 4.74 Å². The zero-order chi connectivity index (χ0) is 16.1. The summed E-state index contributed by atoms with van der Waals surface area (Å²) in [7, 11) is 0. The first-order valence-electron chi connectivity index (χ1n) is 6.35. The van der Waals surface area contributed by atoms with E-state index < -0.39 is 5.82 Å². The number of nitrogens with one attached hydrogen (secondary N) is 1. The standard InChI is InChI=1S/C15H14BrFN2O2S.2CH3.K/c1-3-5-10(4-2)9-21-12-7-6-11(16)14(17)15(12)19-8-13(20)18-22-19;;;/h3-7H,1-2,8-9H2,(H,18,20);2*1H3;/q;2*-1;+1/b10-5+;;;. The van der Waals surface area contributed by atoms with Crippen LogP contribution in [0.3, 0.4) is 0 Å². The van der Waals surface area contributed by atoms with E-state index in [1.807, 2.05) is 0 Å². The first kappa shape index (κ1) is 27.1. The molecule has 0 bridgehead atoms. The number of ether oxygens (including phenoxy) is 1. The molecule has 0 radical (unpaired) electrons. The van der Waals surface area contributed by atoms with Crippen molar-refractivity contribution in [1.82, 2.24) is 4.72 Å². The fourth-order valence-electron chi connectivity index (χ4n) is 1.78. The molecule has 25 heavy (non-hydrogen) atoms. The summed E-state index contributed by atoms with van der Waals surface area (Å²) in [6.45, 7) is 7.59. The summed E-state index contributed by atoms with van der Waals surface area (Å²) >= 11 is 4.18. The largest absolute Gasteiger partial charge is 1.00 e. The summed E-state index contributed by atoms with van der Waals surface area (Å²) in [4.78, 5) is 11.3. The van der Waals surface area contributed by atoms with Gasteiger partial charge in [-0.3, -0.25) is 13.8 Å². The molecule has 1 aliphatic heterocycles. The minimum absolute atomic E-state index is 0. The Morgan fingerprint density at radius 2 is 2.12 bits per heavy atom. The zero-order valence-corrected chi connectivity index (χ0v) is 20.2. The molecular formula is C17H20BrFKN2O2S-. The molecule has 1 saturated heterocycles. The molecule has 1 aliphatic rings. The Morgan fingerprint density at radius 1 is 1.44 bits per heavy atom. The first-order chi connectivity index (χ1) is 10.6. The molecular weight excluding hydrogens is 434 g/mol. The number of nitrogens with zero attached hydrogens (tertiary/aromatic N) is 1. The van der Waals surface area contributed by atoms with E-state index >= 15 is 0 Å². The minimum atomic E-state index is -0.477. The molecule has 2 rings (SSSR count). The van der Waals surface area contributed by atoms with E-state index in [0.717, 1.165) is 17.7 Å². The van der Waals surface area contributed by atoms with Gasteiger partial charge >= 0.3 is 51.4 Å². The second kappa shape index (κ2) is 13.1. The van der Waals surface area contributed by atoms with Gasteiger partial charge < -0.3 is 19.6 Å². The Hall–Kier alpha value is -0.0936. The summed E-state index contributed by atoms with van der Waals surface area (Å²) < 4.78 is 24.5. The average Bonchev–Trinajstić information content (AvgIpc) is 2.93. The Balaban J connectivity index is 0. The summed E-state index contributed by atoms with van der Waals surface area (Å²) in [5.74, 6) is -0.315. The Kier molecular flexibility index (Phi) is 14.3. The van der Waals surface area contributed by atoms with Gasteiger partial charge in [0.2, 0.25) is 0 Å².